The number of aromatic nitrogens is 1. The summed E-state index contributed by atoms with van der Waals surface area (Å²) in [6.07, 6.45) is 0.911. The van der Waals surface area contributed by atoms with Crippen molar-refractivity contribution in [2.75, 3.05) is 59.1 Å². The summed E-state index contributed by atoms with van der Waals surface area (Å²) in [7, 11) is 0. The van der Waals surface area contributed by atoms with Gasteiger partial charge in [-0.05, 0) is 66.4 Å². The number of hydrogen-bond acceptors (Lipinski definition) is 9. The molecule has 5 aromatic rings. The predicted molar refractivity (Wildman–Crippen MR) is 217 cm³/mol. The molecule has 292 valence electrons. The van der Waals surface area contributed by atoms with Gasteiger partial charge in [0, 0.05) is 26.2 Å². The third kappa shape index (κ3) is 13.0. The van der Waals surface area contributed by atoms with Gasteiger partial charge in [-0.1, -0.05) is 104 Å². The highest BCUT2D eigenvalue weighted by atomic mass is 32.1. The molecule has 0 unspecified atom stereocenters. The largest absolute Gasteiger partial charge is 0.506 e. The molecular formula is C43H52N4O7S. The van der Waals surface area contributed by atoms with E-state index in [9.17, 15) is 19.5 Å². The predicted octanol–water partition coefficient (Wildman–Crippen LogP) is 6.88. The van der Waals surface area contributed by atoms with Crippen molar-refractivity contribution in [2.24, 2.45) is 0 Å². The molecule has 0 spiro atoms. The van der Waals surface area contributed by atoms with Crippen LogP contribution in [0.15, 0.2) is 102 Å². The Morgan fingerprint density at radius 3 is 2.15 bits per heavy atom. The van der Waals surface area contributed by atoms with E-state index in [1.54, 1.807) is 21.9 Å². The second-order valence-electron chi connectivity index (χ2n) is 13.2. The number of amides is 2. The van der Waals surface area contributed by atoms with Crippen LogP contribution in [0.1, 0.15) is 42.5 Å². The van der Waals surface area contributed by atoms with E-state index >= 15 is 0 Å². The Morgan fingerprint density at radius 2 is 1.44 bits per heavy atom. The highest BCUT2D eigenvalue weighted by molar-refractivity contribution is 7.16. The zero-order valence-corrected chi connectivity index (χ0v) is 32.6. The minimum Gasteiger partial charge on any atom is -0.506 e. The van der Waals surface area contributed by atoms with E-state index in [-0.39, 0.29) is 36.1 Å². The lowest BCUT2D eigenvalue weighted by atomic mass is 10.1. The first kappa shape index (κ1) is 41.0. The number of ether oxygens (including phenoxy) is 3. The van der Waals surface area contributed by atoms with E-state index in [0.717, 1.165) is 58.9 Å². The Labute approximate surface area is 327 Å². The third-order valence-corrected chi connectivity index (χ3v) is 10.4. The van der Waals surface area contributed by atoms with Gasteiger partial charge in [0.15, 0.2) is 0 Å². The minimum atomic E-state index is -0.489. The summed E-state index contributed by atoms with van der Waals surface area (Å²) < 4.78 is 18.2. The first-order valence-electron chi connectivity index (χ1n) is 19.0. The molecule has 1 aromatic heterocycles. The van der Waals surface area contributed by atoms with Crippen molar-refractivity contribution < 1.29 is 28.9 Å². The number of rotatable bonds is 22. The van der Waals surface area contributed by atoms with Crippen LogP contribution in [-0.4, -0.2) is 95.9 Å². The van der Waals surface area contributed by atoms with Gasteiger partial charge in [-0.3, -0.25) is 9.59 Å². The molecule has 0 aliphatic carbocycles. The molecule has 0 aliphatic rings. The van der Waals surface area contributed by atoms with Crippen molar-refractivity contribution in [1.29, 1.82) is 0 Å². The van der Waals surface area contributed by atoms with Crippen molar-refractivity contribution >= 4 is 33.6 Å². The highest BCUT2D eigenvalue weighted by Crippen LogP contribution is 2.28. The molecule has 0 radical (unpaired) electrons. The first-order chi connectivity index (χ1) is 26.8. The first-order valence-corrected chi connectivity index (χ1v) is 19.8. The lowest BCUT2D eigenvalue weighted by molar-refractivity contribution is -0.133. The maximum absolute atomic E-state index is 13.5. The summed E-state index contributed by atoms with van der Waals surface area (Å²) >= 11 is 1.03. The summed E-state index contributed by atoms with van der Waals surface area (Å²) in [5.41, 5.74) is 4.44. The average molecular weight is 769 g/mol. The van der Waals surface area contributed by atoms with Crippen molar-refractivity contribution in [2.45, 2.75) is 46.3 Å². The molecule has 2 amide bonds. The molecule has 12 heteroatoms. The molecule has 2 N–H and O–H groups in total. The smallest absolute Gasteiger partial charge is 0.410 e. The average Bonchev–Trinajstić information content (AvgIpc) is 3.62. The number of phenols is 1. The molecule has 0 aliphatic heterocycles. The van der Waals surface area contributed by atoms with Crippen molar-refractivity contribution in [3.8, 4) is 11.5 Å². The van der Waals surface area contributed by atoms with Gasteiger partial charge in [0.05, 0.1) is 30.9 Å². The minimum absolute atomic E-state index is 0.0105. The van der Waals surface area contributed by atoms with Crippen LogP contribution < -0.4 is 9.61 Å². The Kier molecular flexibility index (Phi) is 16.1. The summed E-state index contributed by atoms with van der Waals surface area (Å²) in [6, 6.07) is 31.0. The fourth-order valence-corrected chi connectivity index (χ4v) is 7.06. The maximum atomic E-state index is 13.5. The van der Waals surface area contributed by atoms with Gasteiger partial charge in [0.2, 0.25) is 5.91 Å². The van der Waals surface area contributed by atoms with Gasteiger partial charge < -0.3 is 39.0 Å². The fourth-order valence-electron chi connectivity index (χ4n) is 6.16. The number of fused-ring (bicyclic) bond motifs is 1. The normalized spacial score (nSPS) is 11.2. The van der Waals surface area contributed by atoms with Crippen molar-refractivity contribution in [3.63, 3.8) is 0 Å². The van der Waals surface area contributed by atoms with Gasteiger partial charge in [0.1, 0.15) is 30.2 Å². The van der Waals surface area contributed by atoms with Crippen LogP contribution in [0.3, 0.4) is 0 Å². The van der Waals surface area contributed by atoms with Gasteiger partial charge in [-0.15, -0.1) is 0 Å². The van der Waals surface area contributed by atoms with Crippen LogP contribution in [0.4, 0.5) is 4.79 Å². The number of aromatic amines is 1. The summed E-state index contributed by atoms with van der Waals surface area (Å²) in [5, 5.41) is 10.2. The lowest BCUT2D eigenvalue weighted by Gasteiger charge is -2.27. The Balaban J connectivity index is 1.11. The molecule has 55 heavy (non-hydrogen) atoms. The number of nitrogens with one attached hydrogen (secondary N) is 1. The van der Waals surface area contributed by atoms with Crippen LogP contribution >= 0.6 is 11.3 Å². The third-order valence-electron chi connectivity index (χ3n) is 9.45. The summed E-state index contributed by atoms with van der Waals surface area (Å²) in [6.45, 7) is 9.43. The van der Waals surface area contributed by atoms with Crippen LogP contribution in [0.2, 0.25) is 0 Å². The lowest BCUT2D eigenvalue weighted by Crippen LogP contribution is -2.41. The zero-order chi connectivity index (χ0) is 38.8. The molecule has 0 bridgehead atoms. The van der Waals surface area contributed by atoms with Crippen LogP contribution in [0.5, 0.6) is 11.5 Å². The molecule has 0 saturated carbocycles. The summed E-state index contributed by atoms with van der Waals surface area (Å²) in [5.74, 6) is 0.772. The zero-order valence-electron chi connectivity index (χ0n) is 31.8. The SMILES string of the molecule is CCN(CC)CCN(CCOC(=O)N(CCc1ccc(O)c2[nH]c(=O)sc12)Cc1ccccc1)C(=O)CCOCCc1ccc(OCc2ccccc2)cc1. The second-order valence-corrected chi connectivity index (χ2v) is 14.2. The molecule has 1 heterocycles. The standard InChI is InChI=1S/C43H52N4O7S/c1-3-45(4-2)25-26-46(39(49)23-29-52-28-22-33-15-18-37(19-16-33)54-32-35-13-9-6-10-14-35)27-30-53-43(51)47(31-34-11-7-5-8-12-34)24-21-36-17-20-38(48)40-41(36)55-42(50)44-40/h5-20,48H,3-4,21-32H2,1-2H3,(H,44,50). The van der Waals surface area contributed by atoms with Gasteiger partial charge in [-0.2, -0.15) is 0 Å². The second kappa shape index (κ2) is 21.7. The number of H-pyrrole nitrogens is 1. The molecule has 11 nitrogen and oxygen atoms in total. The van der Waals surface area contributed by atoms with Crippen molar-refractivity contribution in [1.82, 2.24) is 19.7 Å². The van der Waals surface area contributed by atoms with Gasteiger partial charge in [-0.25, -0.2) is 4.79 Å². The Bertz CT molecular complexity index is 1960. The van der Waals surface area contributed by atoms with E-state index in [1.807, 2.05) is 84.9 Å². The highest BCUT2D eigenvalue weighted by Gasteiger charge is 2.20. The van der Waals surface area contributed by atoms with Gasteiger partial charge in [0.25, 0.3) is 0 Å². The molecule has 4 aromatic carbocycles. The number of likely N-dealkylation sites (N-methyl/N-ethyl adjacent to an activating group) is 1. The van der Waals surface area contributed by atoms with E-state index in [1.165, 1.54) is 0 Å². The van der Waals surface area contributed by atoms with E-state index in [4.69, 9.17) is 14.2 Å². The molecule has 0 atom stereocenters. The topological polar surface area (TPSA) is 125 Å². The van der Waals surface area contributed by atoms with Crippen molar-refractivity contribution in [3.05, 3.63) is 129 Å². The van der Waals surface area contributed by atoms with Crippen LogP contribution in [0, 0.1) is 0 Å². The summed E-state index contributed by atoms with van der Waals surface area (Å²) in [4.78, 5) is 47.1. The molecule has 0 fully saturated rings. The molecule has 0 saturated heterocycles. The Hall–Kier alpha value is -5.17. The monoisotopic (exact) mass is 768 g/mol. The van der Waals surface area contributed by atoms with Crippen LogP contribution in [-0.2, 0) is 40.3 Å². The number of benzene rings is 4. The Morgan fingerprint density at radius 1 is 0.727 bits per heavy atom. The maximum Gasteiger partial charge on any atom is 0.410 e. The molecule has 5 rings (SSSR count). The van der Waals surface area contributed by atoms with E-state index < -0.39 is 6.09 Å². The number of hydrogen-bond donors (Lipinski definition) is 2. The number of nitrogens with zero attached hydrogens (tertiary/aromatic N) is 3. The van der Waals surface area contributed by atoms with Crippen LogP contribution in [0.25, 0.3) is 10.2 Å². The number of carbonyl (C=O) groups is 2. The number of carbonyl (C=O) groups excluding carboxylic acids is 2. The number of thiazole rings is 1. The fraction of sp³-hybridized carbons (Fsp3) is 0.372. The number of phenolic OH excluding ortho intramolecular Hbond substituents is 1. The van der Waals surface area contributed by atoms with E-state index in [2.05, 4.69) is 23.7 Å². The van der Waals surface area contributed by atoms with E-state index in [0.29, 0.717) is 62.6 Å². The number of aromatic hydroxyl groups is 1. The quantitative estimate of drug-likeness (QED) is 0.0732. The molecular weight excluding hydrogens is 717 g/mol. The van der Waals surface area contributed by atoms with Gasteiger partial charge >= 0.3 is 11.0 Å².